The van der Waals surface area contributed by atoms with Gasteiger partial charge in [-0.05, 0) is 48.6 Å². The number of fused-ring (bicyclic) bond motifs is 1. The Morgan fingerprint density at radius 1 is 1.08 bits per heavy atom. The molecule has 0 bridgehead atoms. The van der Waals surface area contributed by atoms with Crippen molar-refractivity contribution in [3.8, 4) is 17.2 Å². The van der Waals surface area contributed by atoms with E-state index in [4.69, 9.17) is 30.9 Å². The molecule has 3 aromatic carbocycles. The van der Waals surface area contributed by atoms with E-state index in [1.165, 1.54) is 11.1 Å². The molecule has 1 aliphatic rings. The summed E-state index contributed by atoms with van der Waals surface area (Å²) >= 11 is 6.27. The van der Waals surface area contributed by atoms with Crippen LogP contribution in [0.25, 0.3) is 0 Å². The monoisotopic (exact) mass is 508 g/mol. The zero-order valence-electron chi connectivity index (χ0n) is 21.0. The first-order valence-electron chi connectivity index (χ1n) is 12.4. The molecule has 36 heavy (non-hydrogen) atoms. The molecular weight excluding hydrogens is 476 g/mol. The van der Waals surface area contributed by atoms with Gasteiger partial charge in [-0.1, -0.05) is 67.9 Å². The highest BCUT2D eigenvalue weighted by Crippen LogP contribution is 2.45. The molecule has 1 heterocycles. The van der Waals surface area contributed by atoms with E-state index in [2.05, 4.69) is 50.2 Å². The van der Waals surface area contributed by atoms with E-state index in [9.17, 15) is 4.79 Å². The molecule has 2 unspecified atom stereocenters. The lowest BCUT2D eigenvalue weighted by Crippen LogP contribution is -2.17. The van der Waals surface area contributed by atoms with E-state index in [-0.39, 0.29) is 18.4 Å². The fourth-order valence-electron chi connectivity index (χ4n) is 4.56. The quantitative estimate of drug-likeness (QED) is 0.304. The zero-order chi connectivity index (χ0) is 25.7. The van der Waals surface area contributed by atoms with E-state index < -0.39 is 5.97 Å². The predicted octanol–water partition coefficient (Wildman–Crippen LogP) is 6.93. The fraction of sp³-hybridized carbons (Fsp3) is 0.367. The van der Waals surface area contributed by atoms with Crippen molar-refractivity contribution in [3.05, 3.63) is 87.9 Å². The summed E-state index contributed by atoms with van der Waals surface area (Å²) in [6.07, 6.45) is 1.39. The first-order valence-corrected chi connectivity index (χ1v) is 12.8. The maximum absolute atomic E-state index is 10.9. The molecule has 0 aliphatic carbocycles. The van der Waals surface area contributed by atoms with Crippen molar-refractivity contribution in [2.75, 3.05) is 13.2 Å². The van der Waals surface area contributed by atoms with Crippen LogP contribution in [-0.2, 0) is 17.6 Å². The number of carbonyl (C=O) groups is 1. The van der Waals surface area contributed by atoms with Crippen LogP contribution in [0.3, 0.4) is 0 Å². The van der Waals surface area contributed by atoms with Crippen molar-refractivity contribution in [1.82, 2.24) is 0 Å². The molecule has 5 nitrogen and oxygen atoms in total. The maximum atomic E-state index is 10.9. The van der Waals surface area contributed by atoms with Gasteiger partial charge in [-0.2, -0.15) is 0 Å². The van der Waals surface area contributed by atoms with E-state index >= 15 is 0 Å². The largest absolute Gasteiger partial charge is 0.492 e. The molecule has 0 radical (unpaired) electrons. The highest BCUT2D eigenvalue weighted by atomic mass is 35.5. The van der Waals surface area contributed by atoms with Crippen LogP contribution in [-0.4, -0.2) is 30.4 Å². The van der Waals surface area contributed by atoms with Crippen LogP contribution in [0.15, 0.2) is 60.7 Å². The van der Waals surface area contributed by atoms with Crippen LogP contribution < -0.4 is 14.2 Å². The topological polar surface area (TPSA) is 65.0 Å². The van der Waals surface area contributed by atoms with Crippen molar-refractivity contribution in [1.29, 1.82) is 0 Å². The average Bonchev–Trinajstić information content (AvgIpc) is 3.26. The minimum atomic E-state index is -0.893. The maximum Gasteiger partial charge on any atom is 0.307 e. The van der Waals surface area contributed by atoms with Crippen LogP contribution in [0, 0.1) is 5.92 Å². The zero-order valence-corrected chi connectivity index (χ0v) is 21.8. The summed E-state index contributed by atoms with van der Waals surface area (Å²) in [7, 11) is 0. The van der Waals surface area contributed by atoms with Gasteiger partial charge in [0.2, 0.25) is 0 Å². The lowest BCUT2D eigenvalue weighted by Gasteiger charge is -2.21. The molecule has 190 valence electrons. The third-order valence-corrected chi connectivity index (χ3v) is 6.59. The second-order valence-electron chi connectivity index (χ2n) is 9.73. The second-order valence-corrected chi connectivity index (χ2v) is 10.1. The predicted molar refractivity (Wildman–Crippen MR) is 142 cm³/mol. The van der Waals surface area contributed by atoms with Gasteiger partial charge in [0, 0.05) is 23.5 Å². The van der Waals surface area contributed by atoms with Gasteiger partial charge in [-0.3, -0.25) is 4.79 Å². The number of halogens is 1. The van der Waals surface area contributed by atoms with Gasteiger partial charge in [-0.25, -0.2) is 0 Å². The van der Waals surface area contributed by atoms with Crippen molar-refractivity contribution >= 4 is 17.6 Å². The minimum absolute atomic E-state index is 0.0693. The van der Waals surface area contributed by atoms with Gasteiger partial charge >= 0.3 is 5.97 Å². The smallest absolute Gasteiger partial charge is 0.307 e. The minimum Gasteiger partial charge on any atom is -0.492 e. The number of hydrogen-bond donors (Lipinski definition) is 1. The number of carboxylic acid groups (broad SMARTS) is 1. The summed E-state index contributed by atoms with van der Waals surface area (Å²) in [5, 5.41) is 9.35. The van der Waals surface area contributed by atoms with Gasteiger partial charge in [-0.15, -0.1) is 0 Å². The highest BCUT2D eigenvalue weighted by molar-refractivity contribution is 6.32. The van der Waals surface area contributed by atoms with Crippen LogP contribution in [0.2, 0.25) is 5.02 Å². The molecule has 0 spiro atoms. The molecule has 4 rings (SSSR count). The molecule has 2 atom stereocenters. The Balaban J connectivity index is 1.42. The van der Waals surface area contributed by atoms with Crippen molar-refractivity contribution in [2.24, 2.45) is 5.92 Å². The Morgan fingerprint density at radius 2 is 1.83 bits per heavy atom. The standard InChI is InChI=1S/C30H33ClO5/c1-19(2)15-24-27(12-10-23-25(18-35-30(23)24)22-7-5-4-6-8-22)36-20(3)13-14-34-28-11-9-21(16-26(28)31)17-29(32)33/h4-12,16,19-20,25H,13-15,17-18H2,1-3H3,(H,32,33). The van der Waals surface area contributed by atoms with E-state index in [1.54, 1.807) is 18.2 Å². The molecule has 6 heteroatoms. The molecular formula is C30H33ClO5. The third kappa shape index (κ3) is 6.33. The number of aliphatic carboxylic acids is 1. The lowest BCUT2D eigenvalue weighted by molar-refractivity contribution is -0.136. The van der Waals surface area contributed by atoms with Crippen LogP contribution in [0.5, 0.6) is 17.2 Å². The number of hydrogen-bond acceptors (Lipinski definition) is 4. The first kappa shape index (κ1) is 25.9. The van der Waals surface area contributed by atoms with Gasteiger partial charge in [0.05, 0.1) is 30.8 Å². The van der Waals surface area contributed by atoms with Crippen LogP contribution >= 0.6 is 11.6 Å². The molecule has 0 aromatic heterocycles. The SMILES string of the molecule is CC(C)Cc1c(OC(C)CCOc2ccc(CC(=O)O)cc2Cl)ccc2c1OCC2c1ccccc1. The molecule has 0 saturated heterocycles. The molecule has 0 amide bonds. The van der Waals surface area contributed by atoms with Gasteiger partial charge in [0.1, 0.15) is 17.2 Å². The van der Waals surface area contributed by atoms with E-state index in [0.717, 1.165) is 23.5 Å². The van der Waals surface area contributed by atoms with Crippen molar-refractivity contribution < 1.29 is 24.1 Å². The van der Waals surface area contributed by atoms with Gasteiger partial charge in [0.25, 0.3) is 0 Å². The fourth-order valence-corrected chi connectivity index (χ4v) is 4.82. The van der Waals surface area contributed by atoms with Crippen LogP contribution in [0.4, 0.5) is 0 Å². The summed E-state index contributed by atoms with van der Waals surface area (Å²) in [6, 6.07) is 19.8. The molecule has 1 N–H and O–H groups in total. The van der Waals surface area contributed by atoms with Gasteiger partial charge < -0.3 is 19.3 Å². The van der Waals surface area contributed by atoms with Crippen LogP contribution in [0.1, 0.15) is 55.4 Å². The summed E-state index contributed by atoms with van der Waals surface area (Å²) in [6.45, 7) is 7.51. The Bertz CT molecular complexity index is 1190. The Hall–Kier alpha value is -3.18. The molecule has 0 fully saturated rings. The van der Waals surface area contributed by atoms with E-state index in [0.29, 0.717) is 41.9 Å². The second kappa shape index (κ2) is 11.7. The Morgan fingerprint density at radius 3 is 2.53 bits per heavy atom. The summed E-state index contributed by atoms with van der Waals surface area (Å²) < 4.78 is 18.5. The highest BCUT2D eigenvalue weighted by Gasteiger charge is 2.30. The van der Waals surface area contributed by atoms with Crippen molar-refractivity contribution in [2.45, 2.75) is 52.1 Å². The van der Waals surface area contributed by atoms with E-state index in [1.807, 2.05) is 13.0 Å². The number of benzene rings is 3. The summed E-state index contributed by atoms with van der Waals surface area (Å²) in [5.41, 5.74) is 4.26. The van der Waals surface area contributed by atoms with Gasteiger partial charge in [0.15, 0.2) is 0 Å². The number of rotatable bonds is 11. The number of carboxylic acids is 1. The van der Waals surface area contributed by atoms with Crippen molar-refractivity contribution in [3.63, 3.8) is 0 Å². The normalized spacial score (nSPS) is 15.3. The average molecular weight is 509 g/mol. The molecule has 3 aromatic rings. The third-order valence-electron chi connectivity index (χ3n) is 6.29. The summed E-state index contributed by atoms with van der Waals surface area (Å²) in [4.78, 5) is 10.9. The molecule has 0 saturated carbocycles. The number of ether oxygens (including phenoxy) is 3. The Labute approximate surface area is 218 Å². The first-order chi connectivity index (χ1) is 17.3. The lowest BCUT2D eigenvalue weighted by atomic mass is 9.90. The Kier molecular flexibility index (Phi) is 8.42. The molecule has 1 aliphatic heterocycles. The summed E-state index contributed by atoms with van der Waals surface area (Å²) in [5.74, 6) is 2.17.